The summed E-state index contributed by atoms with van der Waals surface area (Å²) >= 11 is 0. The molecule has 6 nitrogen and oxygen atoms in total. The van der Waals surface area contributed by atoms with Crippen molar-refractivity contribution in [1.29, 1.82) is 0 Å². The molecule has 24 heavy (non-hydrogen) atoms. The molecule has 0 saturated heterocycles. The third-order valence-corrected chi connectivity index (χ3v) is 4.03. The first-order valence-electron chi connectivity index (χ1n) is 7.65. The van der Waals surface area contributed by atoms with Crippen molar-refractivity contribution in [3.05, 3.63) is 77.5 Å². The molecule has 1 aliphatic rings. The highest BCUT2D eigenvalue weighted by molar-refractivity contribution is 6.08. The highest BCUT2D eigenvalue weighted by atomic mass is 15.4. The maximum absolute atomic E-state index is 5.53. The van der Waals surface area contributed by atoms with Gasteiger partial charge in [-0.3, -0.25) is 10.5 Å². The van der Waals surface area contributed by atoms with E-state index in [2.05, 4.69) is 25.8 Å². The standard InChI is InChI=1S/C18H16N6/c19-20-18-17-14(16(22-23-17)13-9-5-2-6-10-13)11-15(21-24-18)12-7-3-1-4-8-12/h1-10H,11,19H2,(H,20,24)(H,22,23). The van der Waals surface area contributed by atoms with Crippen LogP contribution < -0.4 is 11.3 Å². The van der Waals surface area contributed by atoms with Crippen molar-refractivity contribution in [3.63, 3.8) is 0 Å². The molecule has 0 saturated carbocycles. The van der Waals surface area contributed by atoms with Crippen LogP contribution >= 0.6 is 0 Å². The van der Waals surface area contributed by atoms with Crippen LogP contribution in [0.15, 0.2) is 70.9 Å². The highest BCUT2D eigenvalue weighted by Crippen LogP contribution is 2.26. The van der Waals surface area contributed by atoms with E-state index >= 15 is 0 Å². The summed E-state index contributed by atoms with van der Waals surface area (Å²) < 4.78 is 0. The Bertz CT molecular complexity index is 909. The van der Waals surface area contributed by atoms with Crippen LogP contribution in [0.1, 0.15) is 16.8 Å². The van der Waals surface area contributed by atoms with E-state index in [-0.39, 0.29) is 0 Å². The van der Waals surface area contributed by atoms with Crippen LogP contribution in [-0.4, -0.2) is 21.7 Å². The molecule has 2 heterocycles. The summed E-state index contributed by atoms with van der Waals surface area (Å²) in [5.74, 6) is 6.01. The van der Waals surface area contributed by atoms with Crippen molar-refractivity contribution in [2.45, 2.75) is 6.42 Å². The number of nitrogens with zero attached hydrogens (tertiary/aromatic N) is 3. The van der Waals surface area contributed by atoms with Crippen LogP contribution in [0.5, 0.6) is 0 Å². The fourth-order valence-corrected chi connectivity index (χ4v) is 2.84. The molecule has 118 valence electrons. The van der Waals surface area contributed by atoms with Crippen molar-refractivity contribution in [2.24, 2.45) is 16.0 Å². The molecule has 0 spiro atoms. The molecule has 0 atom stereocenters. The number of rotatable bonds is 2. The van der Waals surface area contributed by atoms with Gasteiger partial charge in [-0.25, -0.2) is 0 Å². The second-order valence-corrected chi connectivity index (χ2v) is 5.48. The zero-order chi connectivity index (χ0) is 16.4. The lowest BCUT2D eigenvalue weighted by atomic mass is 9.97. The molecule has 0 radical (unpaired) electrons. The molecule has 2 aromatic carbocycles. The normalized spacial score (nSPS) is 15.3. The molecule has 1 aromatic heterocycles. The van der Waals surface area contributed by atoms with E-state index in [4.69, 9.17) is 5.84 Å². The van der Waals surface area contributed by atoms with E-state index in [0.29, 0.717) is 12.3 Å². The van der Waals surface area contributed by atoms with Gasteiger partial charge in [-0.15, -0.1) is 0 Å². The number of hydrogen-bond acceptors (Lipinski definition) is 4. The minimum absolute atomic E-state index is 0.477. The molecule has 4 rings (SSSR count). The molecule has 3 aromatic rings. The number of hydrogen-bond donors (Lipinski definition) is 3. The molecule has 0 bridgehead atoms. The van der Waals surface area contributed by atoms with Crippen molar-refractivity contribution >= 4 is 11.5 Å². The Morgan fingerprint density at radius 3 is 2.25 bits per heavy atom. The lowest BCUT2D eigenvalue weighted by Gasteiger charge is -2.05. The van der Waals surface area contributed by atoms with Gasteiger partial charge in [0.25, 0.3) is 0 Å². The SMILES string of the molecule is N/N=C1/NN=C(c2ccccc2)Cc2c(-c3ccccc3)n[nH]c21. The Kier molecular flexibility index (Phi) is 3.55. The summed E-state index contributed by atoms with van der Waals surface area (Å²) in [6, 6.07) is 20.1. The van der Waals surface area contributed by atoms with Gasteiger partial charge in [-0.1, -0.05) is 60.7 Å². The van der Waals surface area contributed by atoms with Gasteiger partial charge in [0.1, 0.15) is 5.69 Å². The minimum Gasteiger partial charge on any atom is -0.321 e. The van der Waals surface area contributed by atoms with Crippen LogP contribution in [0, 0.1) is 0 Å². The number of aromatic amines is 1. The zero-order valence-corrected chi connectivity index (χ0v) is 12.9. The minimum atomic E-state index is 0.477. The third kappa shape index (κ3) is 2.44. The van der Waals surface area contributed by atoms with Crippen LogP contribution in [0.2, 0.25) is 0 Å². The maximum Gasteiger partial charge on any atom is 0.191 e. The molecule has 0 amide bonds. The summed E-state index contributed by atoms with van der Waals surface area (Å²) in [6.45, 7) is 0. The summed E-state index contributed by atoms with van der Waals surface area (Å²) in [4.78, 5) is 0. The van der Waals surface area contributed by atoms with Crippen molar-refractivity contribution in [1.82, 2.24) is 15.6 Å². The number of H-pyrrole nitrogens is 1. The van der Waals surface area contributed by atoms with Crippen molar-refractivity contribution in [2.75, 3.05) is 0 Å². The Morgan fingerprint density at radius 1 is 0.917 bits per heavy atom. The molecular weight excluding hydrogens is 300 g/mol. The molecule has 0 unspecified atom stereocenters. The van der Waals surface area contributed by atoms with E-state index < -0.39 is 0 Å². The van der Waals surface area contributed by atoms with E-state index in [1.807, 2.05) is 60.7 Å². The Balaban J connectivity index is 1.84. The van der Waals surface area contributed by atoms with Gasteiger partial charge in [-0.05, 0) is 5.56 Å². The first kappa shape index (κ1) is 14.2. The first-order valence-corrected chi connectivity index (χ1v) is 7.65. The second-order valence-electron chi connectivity index (χ2n) is 5.48. The topological polar surface area (TPSA) is 91.4 Å². The number of nitrogens with two attached hydrogens (primary N) is 1. The van der Waals surface area contributed by atoms with Crippen LogP contribution in [0.25, 0.3) is 11.3 Å². The number of benzene rings is 2. The van der Waals surface area contributed by atoms with Gasteiger partial charge in [0, 0.05) is 17.5 Å². The van der Waals surface area contributed by atoms with Crippen molar-refractivity contribution < 1.29 is 0 Å². The predicted octanol–water partition coefficient (Wildman–Crippen LogP) is 2.25. The van der Waals surface area contributed by atoms with E-state index in [9.17, 15) is 0 Å². The van der Waals surface area contributed by atoms with Crippen molar-refractivity contribution in [3.8, 4) is 11.3 Å². The summed E-state index contributed by atoms with van der Waals surface area (Å²) in [5, 5.41) is 15.8. The molecule has 4 N–H and O–H groups in total. The Labute approximate surface area is 139 Å². The van der Waals surface area contributed by atoms with E-state index in [1.165, 1.54) is 0 Å². The predicted molar refractivity (Wildman–Crippen MR) is 94.6 cm³/mol. The van der Waals surface area contributed by atoms with Gasteiger partial charge < -0.3 is 5.84 Å². The highest BCUT2D eigenvalue weighted by Gasteiger charge is 2.23. The number of fused-ring (bicyclic) bond motifs is 1. The quantitative estimate of drug-likeness (QED) is 0.500. The van der Waals surface area contributed by atoms with Crippen LogP contribution in [-0.2, 0) is 6.42 Å². The van der Waals surface area contributed by atoms with Gasteiger partial charge in [0.15, 0.2) is 5.84 Å². The lowest BCUT2D eigenvalue weighted by molar-refractivity contribution is 0.982. The number of nitrogens with one attached hydrogen (secondary N) is 2. The summed E-state index contributed by atoms with van der Waals surface area (Å²) in [5.41, 5.74) is 8.63. The van der Waals surface area contributed by atoms with Crippen LogP contribution in [0.3, 0.4) is 0 Å². The van der Waals surface area contributed by atoms with Gasteiger partial charge in [0.2, 0.25) is 0 Å². The Hall–Kier alpha value is -3.41. The average molecular weight is 316 g/mol. The number of amidine groups is 1. The Morgan fingerprint density at radius 2 is 1.58 bits per heavy atom. The van der Waals surface area contributed by atoms with E-state index in [0.717, 1.165) is 33.8 Å². The zero-order valence-electron chi connectivity index (χ0n) is 12.9. The number of hydrazone groups is 2. The molecule has 6 heteroatoms. The largest absolute Gasteiger partial charge is 0.321 e. The first-order chi connectivity index (χ1) is 11.9. The smallest absolute Gasteiger partial charge is 0.191 e. The van der Waals surface area contributed by atoms with Gasteiger partial charge >= 0.3 is 0 Å². The molecule has 0 fully saturated rings. The van der Waals surface area contributed by atoms with E-state index in [1.54, 1.807) is 0 Å². The summed E-state index contributed by atoms with van der Waals surface area (Å²) in [6.07, 6.45) is 0.631. The monoisotopic (exact) mass is 316 g/mol. The van der Waals surface area contributed by atoms with Gasteiger partial charge in [-0.2, -0.15) is 15.3 Å². The fourth-order valence-electron chi connectivity index (χ4n) is 2.84. The molecule has 0 aliphatic carbocycles. The molecule has 1 aliphatic heterocycles. The second kappa shape index (κ2) is 6.00. The van der Waals surface area contributed by atoms with Gasteiger partial charge in [0.05, 0.1) is 11.4 Å². The average Bonchev–Trinajstić information content (AvgIpc) is 2.97. The molecular formula is C18H16N6. The third-order valence-electron chi connectivity index (χ3n) is 4.03. The fraction of sp³-hybridized carbons (Fsp3) is 0.0556. The maximum atomic E-state index is 5.53. The lowest BCUT2D eigenvalue weighted by Crippen LogP contribution is -2.21. The summed E-state index contributed by atoms with van der Waals surface area (Å²) in [7, 11) is 0. The van der Waals surface area contributed by atoms with Crippen LogP contribution in [0.4, 0.5) is 0 Å². The number of aromatic nitrogens is 2.